The summed E-state index contributed by atoms with van der Waals surface area (Å²) in [5.41, 5.74) is 1.18. The molecule has 3 fully saturated rings. The van der Waals surface area contributed by atoms with Crippen molar-refractivity contribution in [1.82, 2.24) is 9.80 Å². The van der Waals surface area contributed by atoms with Crippen molar-refractivity contribution >= 4 is 6.47 Å². The SMILES string of the molecule is COc1cc(C)ccc1OCCN1CCN2[C@@H](COC[C@@H]2C2CC2)C1.O=CO. The fraction of sp³-hybridized carbons (Fsp3) is 0.667. The highest BCUT2D eigenvalue weighted by Gasteiger charge is 2.42. The molecule has 1 aromatic carbocycles. The van der Waals surface area contributed by atoms with Crippen LogP contribution >= 0.6 is 0 Å². The third kappa shape index (κ3) is 5.37. The van der Waals surface area contributed by atoms with Gasteiger partial charge in [0.15, 0.2) is 11.5 Å². The molecule has 1 saturated carbocycles. The van der Waals surface area contributed by atoms with Gasteiger partial charge < -0.3 is 19.3 Å². The van der Waals surface area contributed by atoms with E-state index in [1.54, 1.807) is 7.11 Å². The maximum absolute atomic E-state index is 8.36. The third-order valence-corrected chi connectivity index (χ3v) is 5.79. The van der Waals surface area contributed by atoms with Crippen LogP contribution in [0.25, 0.3) is 0 Å². The molecule has 2 atom stereocenters. The van der Waals surface area contributed by atoms with Crippen LogP contribution in [0.4, 0.5) is 0 Å². The Bertz CT molecular complexity index is 637. The molecule has 2 heterocycles. The van der Waals surface area contributed by atoms with Crippen LogP contribution in [0.2, 0.25) is 0 Å². The lowest BCUT2D eigenvalue weighted by molar-refractivity contribution is -0.122. The first-order valence-corrected chi connectivity index (χ1v) is 10.1. The molecule has 2 aliphatic heterocycles. The van der Waals surface area contributed by atoms with E-state index >= 15 is 0 Å². The van der Waals surface area contributed by atoms with E-state index in [1.807, 2.05) is 12.1 Å². The molecule has 0 spiro atoms. The number of aryl methyl sites for hydroxylation is 1. The van der Waals surface area contributed by atoms with Crippen molar-refractivity contribution in [3.63, 3.8) is 0 Å². The smallest absolute Gasteiger partial charge is 0.290 e. The zero-order valence-electron chi connectivity index (χ0n) is 16.9. The second-order valence-electron chi connectivity index (χ2n) is 7.74. The molecule has 1 N–H and O–H groups in total. The van der Waals surface area contributed by atoms with Crippen LogP contribution in [-0.2, 0) is 9.53 Å². The van der Waals surface area contributed by atoms with Crippen molar-refractivity contribution in [2.24, 2.45) is 5.92 Å². The Labute approximate surface area is 167 Å². The molecule has 0 aromatic heterocycles. The van der Waals surface area contributed by atoms with E-state index in [0.717, 1.165) is 50.3 Å². The highest BCUT2D eigenvalue weighted by molar-refractivity contribution is 5.42. The Balaban J connectivity index is 0.000000706. The number of fused-ring (bicyclic) bond motifs is 1. The van der Waals surface area contributed by atoms with Gasteiger partial charge in [0.25, 0.3) is 6.47 Å². The summed E-state index contributed by atoms with van der Waals surface area (Å²) in [4.78, 5) is 13.6. The topological polar surface area (TPSA) is 71.5 Å². The van der Waals surface area contributed by atoms with Crippen LogP contribution in [0.15, 0.2) is 18.2 Å². The Morgan fingerprint density at radius 2 is 2.04 bits per heavy atom. The van der Waals surface area contributed by atoms with Crippen molar-refractivity contribution in [3.05, 3.63) is 23.8 Å². The van der Waals surface area contributed by atoms with Gasteiger partial charge in [0.05, 0.1) is 20.3 Å². The number of rotatable bonds is 6. The minimum Gasteiger partial charge on any atom is -0.493 e. The fourth-order valence-corrected chi connectivity index (χ4v) is 4.21. The number of ether oxygens (including phenoxy) is 3. The molecule has 4 rings (SSSR count). The number of hydrogen-bond acceptors (Lipinski definition) is 6. The second-order valence-corrected chi connectivity index (χ2v) is 7.74. The first-order chi connectivity index (χ1) is 13.7. The third-order valence-electron chi connectivity index (χ3n) is 5.79. The van der Waals surface area contributed by atoms with Crippen LogP contribution in [0.1, 0.15) is 18.4 Å². The Kier molecular flexibility index (Phi) is 7.53. The van der Waals surface area contributed by atoms with Gasteiger partial charge in [-0.1, -0.05) is 6.07 Å². The van der Waals surface area contributed by atoms with Gasteiger partial charge in [-0.05, 0) is 43.4 Å². The quantitative estimate of drug-likeness (QED) is 0.741. The number of carboxylic acid groups (broad SMARTS) is 1. The van der Waals surface area contributed by atoms with Crippen LogP contribution in [0, 0.1) is 12.8 Å². The van der Waals surface area contributed by atoms with Gasteiger partial charge >= 0.3 is 0 Å². The number of piperazine rings is 1. The van der Waals surface area contributed by atoms with Crippen LogP contribution in [-0.4, -0.2) is 86.6 Å². The van der Waals surface area contributed by atoms with Gasteiger partial charge in [0, 0.05) is 38.3 Å². The lowest BCUT2D eigenvalue weighted by atomic mass is 10.0. The van der Waals surface area contributed by atoms with Crippen molar-refractivity contribution < 1.29 is 24.1 Å². The number of nitrogens with zero attached hydrogens (tertiary/aromatic N) is 2. The molecular weight excluding hydrogens is 360 g/mol. The highest BCUT2D eigenvalue weighted by atomic mass is 16.5. The lowest BCUT2D eigenvalue weighted by Gasteiger charge is -2.48. The van der Waals surface area contributed by atoms with E-state index in [-0.39, 0.29) is 6.47 Å². The van der Waals surface area contributed by atoms with Gasteiger partial charge in [0.1, 0.15) is 6.61 Å². The number of hydrogen-bond donors (Lipinski definition) is 1. The molecule has 7 nitrogen and oxygen atoms in total. The zero-order valence-corrected chi connectivity index (χ0v) is 16.9. The van der Waals surface area contributed by atoms with Crippen LogP contribution in [0.5, 0.6) is 11.5 Å². The maximum atomic E-state index is 8.36. The average Bonchev–Trinajstić information content (AvgIpc) is 3.54. The van der Waals surface area contributed by atoms with Crippen molar-refractivity contribution in [1.29, 1.82) is 0 Å². The van der Waals surface area contributed by atoms with Gasteiger partial charge in [-0.25, -0.2) is 0 Å². The minimum atomic E-state index is -0.250. The van der Waals surface area contributed by atoms with E-state index in [4.69, 9.17) is 24.1 Å². The van der Waals surface area contributed by atoms with E-state index in [2.05, 4.69) is 22.8 Å². The monoisotopic (exact) mass is 392 g/mol. The Morgan fingerprint density at radius 1 is 1.25 bits per heavy atom. The van der Waals surface area contributed by atoms with Crippen molar-refractivity contribution in [2.45, 2.75) is 31.8 Å². The molecule has 1 aromatic rings. The summed E-state index contributed by atoms with van der Waals surface area (Å²) >= 11 is 0. The van der Waals surface area contributed by atoms with E-state index in [1.165, 1.54) is 24.9 Å². The van der Waals surface area contributed by atoms with Crippen molar-refractivity contribution in [3.8, 4) is 11.5 Å². The first kappa shape index (κ1) is 20.9. The number of methoxy groups -OCH3 is 1. The fourth-order valence-electron chi connectivity index (χ4n) is 4.21. The van der Waals surface area contributed by atoms with Gasteiger partial charge in [-0.2, -0.15) is 0 Å². The van der Waals surface area contributed by atoms with Crippen LogP contribution in [0.3, 0.4) is 0 Å². The molecule has 0 amide bonds. The normalized spacial score (nSPS) is 25.2. The molecule has 0 bridgehead atoms. The highest BCUT2D eigenvalue weighted by Crippen LogP contribution is 2.38. The minimum absolute atomic E-state index is 0.250. The number of morpholine rings is 1. The van der Waals surface area contributed by atoms with E-state index in [9.17, 15) is 0 Å². The largest absolute Gasteiger partial charge is 0.493 e. The first-order valence-electron chi connectivity index (χ1n) is 10.1. The summed E-state index contributed by atoms with van der Waals surface area (Å²) in [5, 5.41) is 6.89. The zero-order chi connectivity index (χ0) is 19.9. The van der Waals surface area contributed by atoms with E-state index in [0.29, 0.717) is 18.7 Å². The predicted octanol–water partition coefficient (Wildman–Crippen LogP) is 1.88. The summed E-state index contributed by atoms with van der Waals surface area (Å²) in [6.07, 6.45) is 2.79. The van der Waals surface area contributed by atoms with E-state index < -0.39 is 0 Å². The molecular formula is C21H32N2O5. The number of carbonyl (C=O) groups is 1. The Morgan fingerprint density at radius 3 is 2.75 bits per heavy atom. The summed E-state index contributed by atoms with van der Waals surface area (Å²) < 4.78 is 17.3. The average molecular weight is 392 g/mol. The standard InChI is InChI=1S/C20H30N2O3.CH2O2/c1-15-3-6-19(20(11-15)23-2)25-10-9-21-7-8-22-17(12-21)13-24-14-18(22)16-4-5-16;2-1-3/h3,6,11,16-18H,4-5,7-10,12-14H2,1-2H3;1H,(H,2,3)/t17-,18-;/m1./s1. The van der Waals surface area contributed by atoms with Gasteiger partial charge in [-0.15, -0.1) is 0 Å². The molecule has 156 valence electrons. The van der Waals surface area contributed by atoms with Gasteiger partial charge in [-0.3, -0.25) is 14.6 Å². The van der Waals surface area contributed by atoms with Crippen LogP contribution < -0.4 is 9.47 Å². The van der Waals surface area contributed by atoms with Gasteiger partial charge in [0.2, 0.25) is 0 Å². The molecule has 1 aliphatic carbocycles. The summed E-state index contributed by atoms with van der Waals surface area (Å²) in [6, 6.07) is 7.32. The second kappa shape index (κ2) is 10.1. The lowest BCUT2D eigenvalue weighted by Crippen LogP contribution is -2.62. The molecule has 3 aliphatic rings. The molecule has 0 radical (unpaired) electrons. The summed E-state index contributed by atoms with van der Waals surface area (Å²) in [5.74, 6) is 2.55. The van der Waals surface area contributed by atoms with Crippen molar-refractivity contribution in [2.75, 3.05) is 53.1 Å². The number of benzene rings is 1. The summed E-state index contributed by atoms with van der Waals surface area (Å²) in [6.45, 7) is 8.68. The molecule has 28 heavy (non-hydrogen) atoms. The molecule has 7 heteroatoms. The Hall–Kier alpha value is -1.83. The maximum Gasteiger partial charge on any atom is 0.290 e. The summed E-state index contributed by atoms with van der Waals surface area (Å²) in [7, 11) is 1.69. The molecule has 2 saturated heterocycles. The molecule has 0 unspecified atom stereocenters. The predicted molar refractivity (Wildman–Crippen MR) is 106 cm³/mol.